The summed E-state index contributed by atoms with van der Waals surface area (Å²) in [4.78, 5) is 10.6. The number of morpholine rings is 1. The molecular weight excluding hydrogens is 262 g/mol. The lowest BCUT2D eigenvalue weighted by Gasteiger charge is -2.34. The standard InChI is InChI=1S/C12H21N5O3/c1-9-15-11(20-16-9)6-14-12(13-2)17-4-5-19-10(7-17)8-18-3/h10H,4-8H2,1-3H3,(H,13,14). The Hall–Kier alpha value is -1.67. The average Bonchev–Trinajstić information content (AvgIpc) is 2.86. The van der Waals surface area contributed by atoms with E-state index in [4.69, 9.17) is 14.0 Å². The zero-order valence-electron chi connectivity index (χ0n) is 12.1. The minimum atomic E-state index is 0.0675. The Kier molecular flexibility index (Phi) is 5.31. The summed E-state index contributed by atoms with van der Waals surface area (Å²) in [5.41, 5.74) is 0. The molecule has 1 aliphatic rings. The van der Waals surface area contributed by atoms with Crippen LogP contribution in [0.5, 0.6) is 0 Å². The molecule has 0 amide bonds. The van der Waals surface area contributed by atoms with E-state index in [-0.39, 0.29) is 6.10 Å². The van der Waals surface area contributed by atoms with Crippen molar-refractivity contribution in [2.45, 2.75) is 19.6 Å². The van der Waals surface area contributed by atoms with Crippen molar-refractivity contribution in [2.75, 3.05) is 40.5 Å². The van der Waals surface area contributed by atoms with Crippen LogP contribution >= 0.6 is 0 Å². The van der Waals surface area contributed by atoms with Crippen LogP contribution in [0.25, 0.3) is 0 Å². The fraction of sp³-hybridized carbons (Fsp3) is 0.750. The maximum Gasteiger partial charge on any atom is 0.246 e. The Morgan fingerprint density at radius 2 is 2.45 bits per heavy atom. The first-order chi connectivity index (χ1) is 9.72. The van der Waals surface area contributed by atoms with Gasteiger partial charge in [-0.25, -0.2) is 0 Å². The van der Waals surface area contributed by atoms with E-state index in [2.05, 4.69) is 25.3 Å². The SMILES string of the molecule is CN=C(NCc1nc(C)no1)N1CCOC(COC)C1. The third-order valence-corrected chi connectivity index (χ3v) is 2.97. The number of ether oxygens (including phenoxy) is 2. The maximum atomic E-state index is 5.62. The topological polar surface area (TPSA) is 85.0 Å². The van der Waals surface area contributed by atoms with E-state index in [1.165, 1.54) is 0 Å². The lowest BCUT2D eigenvalue weighted by molar-refractivity contribution is -0.0447. The molecule has 0 spiro atoms. The van der Waals surface area contributed by atoms with Gasteiger partial charge in [-0.3, -0.25) is 4.99 Å². The number of methoxy groups -OCH3 is 1. The second-order valence-electron chi connectivity index (χ2n) is 4.53. The van der Waals surface area contributed by atoms with Crippen LogP contribution in [-0.2, 0) is 16.0 Å². The maximum absolute atomic E-state index is 5.62. The molecular formula is C12H21N5O3. The fourth-order valence-corrected chi connectivity index (χ4v) is 2.10. The molecule has 1 aromatic rings. The van der Waals surface area contributed by atoms with Crippen LogP contribution in [0, 0.1) is 6.92 Å². The lowest BCUT2D eigenvalue weighted by atomic mass is 10.3. The number of guanidine groups is 1. The number of nitrogens with zero attached hydrogens (tertiary/aromatic N) is 4. The highest BCUT2D eigenvalue weighted by Crippen LogP contribution is 2.06. The van der Waals surface area contributed by atoms with E-state index >= 15 is 0 Å². The highest BCUT2D eigenvalue weighted by molar-refractivity contribution is 5.79. The second-order valence-corrected chi connectivity index (χ2v) is 4.53. The van der Waals surface area contributed by atoms with Crippen molar-refractivity contribution >= 4 is 5.96 Å². The minimum Gasteiger partial charge on any atom is -0.382 e. The van der Waals surface area contributed by atoms with E-state index in [1.54, 1.807) is 21.1 Å². The van der Waals surface area contributed by atoms with Gasteiger partial charge in [-0.2, -0.15) is 4.98 Å². The molecule has 0 saturated carbocycles. The Morgan fingerprint density at radius 1 is 1.60 bits per heavy atom. The van der Waals surface area contributed by atoms with Crippen molar-refractivity contribution in [3.8, 4) is 0 Å². The summed E-state index contributed by atoms with van der Waals surface area (Å²) in [5.74, 6) is 1.97. The fourth-order valence-electron chi connectivity index (χ4n) is 2.10. The first-order valence-electron chi connectivity index (χ1n) is 6.58. The van der Waals surface area contributed by atoms with Crippen LogP contribution in [0.3, 0.4) is 0 Å². The average molecular weight is 283 g/mol. The zero-order chi connectivity index (χ0) is 14.4. The van der Waals surface area contributed by atoms with Gasteiger partial charge in [0.25, 0.3) is 0 Å². The van der Waals surface area contributed by atoms with Crippen LogP contribution in [0.4, 0.5) is 0 Å². The molecule has 0 aliphatic carbocycles. The molecule has 1 aliphatic heterocycles. The van der Waals surface area contributed by atoms with Crippen molar-refractivity contribution in [3.05, 3.63) is 11.7 Å². The second kappa shape index (κ2) is 7.20. The van der Waals surface area contributed by atoms with Gasteiger partial charge in [-0.05, 0) is 6.92 Å². The number of nitrogens with one attached hydrogen (secondary N) is 1. The third kappa shape index (κ3) is 3.91. The molecule has 20 heavy (non-hydrogen) atoms. The van der Waals surface area contributed by atoms with Gasteiger partial charge in [0, 0.05) is 27.2 Å². The molecule has 8 nitrogen and oxygen atoms in total. The summed E-state index contributed by atoms with van der Waals surface area (Å²) < 4.78 is 15.8. The number of hydrogen-bond acceptors (Lipinski definition) is 6. The van der Waals surface area contributed by atoms with Gasteiger partial charge in [0.05, 0.1) is 25.9 Å². The molecule has 1 unspecified atom stereocenters. The molecule has 1 fully saturated rings. The Bertz CT molecular complexity index is 446. The predicted octanol–water partition coefficient (Wildman–Crippen LogP) is -0.199. The summed E-state index contributed by atoms with van der Waals surface area (Å²) in [6.07, 6.45) is 0.0675. The molecule has 0 bridgehead atoms. The smallest absolute Gasteiger partial charge is 0.246 e. The van der Waals surface area contributed by atoms with Crippen LogP contribution < -0.4 is 5.32 Å². The summed E-state index contributed by atoms with van der Waals surface area (Å²) in [6, 6.07) is 0. The number of aryl methyl sites for hydroxylation is 1. The number of aliphatic imine (C=N–C) groups is 1. The van der Waals surface area contributed by atoms with Gasteiger partial charge in [0.15, 0.2) is 11.8 Å². The van der Waals surface area contributed by atoms with E-state index in [9.17, 15) is 0 Å². The first kappa shape index (κ1) is 14.7. The highest BCUT2D eigenvalue weighted by atomic mass is 16.5. The summed E-state index contributed by atoms with van der Waals surface area (Å²) in [7, 11) is 3.43. The Labute approximate surface area is 118 Å². The van der Waals surface area contributed by atoms with E-state index < -0.39 is 0 Å². The van der Waals surface area contributed by atoms with Crippen molar-refractivity contribution in [3.63, 3.8) is 0 Å². The van der Waals surface area contributed by atoms with E-state index in [1.807, 2.05) is 0 Å². The van der Waals surface area contributed by atoms with Gasteiger partial charge in [-0.15, -0.1) is 0 Å². The van der Waals surface area contributed by atoms with Crippen LogP contribution in [-0.4, -0.2) is 67.6 Å². The van der Waals surface area contributed by atoms with Crippen molar-refractivity contribution in [1.82, 2.24) is 20.4 Å². The van der Waals surface area contributed by atoms with Crippen LogP contribution in [0.15, 0.2) is 9.52 Å². The monoisotopic (exact) mass is 283 g/mol. The largest absolute Gasteiger partial charge is 0.382 e. The third-order valence-electron chi connectivity index (χ3n) is 2.97. The molecule has 1 saturated heterocycles. The van der Waals surface area contributed by atoms with E-state index in [0.717, 1.165) is 19.0 Å². The molecule has 1 aromatic heterocycles. The van der Waals surface area contributed by atoms with E-state index in [0.29, 0.717) is 31.5 Å². The first-order valence-corrected chi connectivity index (χ1v) is 6.58. The van der Waals surface area contributed by atoms with Crippen LogP contribution in [0.2, 0.25) is 0 Å². The molecule has 0 aromatic carbocycles. The van der Waals surface area contributed by atoms with Crippen molar-refractivity contribution in [2.24, 2.45) is 4.99 Å². The molecule has 1 N–H and O–H groups in total. The molecule has 2 rings (SSSR count). The van der Waals surface area contributed by atoms with Gasteiger partial charge in [0.2, 0.25) is 5.89 Å². The summed E-state index contributed by atoms with van der Waals surface area (Å²) >= 11 is 0. The molecule has 112 valence electrons. The van der Waals surface area contributed by atoms with Gasteiger partial charge in [0.1, 0.15) is 0 Å². The normalized spacial score (nSPS) is 20.2. The Morgan fingerprint density at radius 3 is 3.10 bits per heavy atom. The predicted molar refractivity (Wildman–Crippen MR) is 72.4 cm³/mol. The van der Waals surface area contributed by atoms with Crippen LogP contribution in [0.1, 0.15) is 11.7 Å². The number of rotatable bonds is 4. The van der Waals surface area contributed by atoms with Crippen molar-refractivity contribution < 1.29 is 14.0 Å². The Balaban J connectivity index is 1.87. The minimum absolute atomic E-state index is 0.0675. The molecule has 8 heteroatoms. The lowest BCUT2D eigenvalue weighted by Crippen LogP contribution is -2.51. The quantitative estimate of drug-likeness (QED) is 0.605. The van der Waals surface area contributed by atoms with Gasteiger partial charge >= 0.3 is 0 Å². The molecule has 2 heterocycles. The number of aromatic nitrogens is 2. The van der Waals surface area contributed by atoms with Gasteiger partial charge < -0.3 is 24.2 Å². The summed E-state index contributed by atoms with van der Waals surface area (Å²) in [6.45, 7) is 5.03. The summed E-state index contributed by atoms with van der Waals surface area (Å²) in [5, 5.41) is 6.97. The number of hydrogen-bond donors (Lipinski definition) is 1. The van der Waals surface area contributed by atoms with Gasteiger partial charge in [-0.1, -0.05) is 5.16 Å². The zero-order valence-corrected chi connectivity index (χ0v) is 12.1. The highest BCUT2D eigenvalue weighted by Gasteiger charge is 2.22. The molecule has 1 atom stereocenters. The molecule has 0 radical (unpaired) electrons. The van der Waals surface area contributed by atoms with Crippen molar-refractivity contribution in [1.29, 1.82) is 0 Å².